The number of hydrogen-bond donors (Lipinski definition) is 2. The van der Waals surface area contributed by atoms with Crippen LogP contribution in [0.25, 0.3) is 0 Å². The van der Waals surface area contributed by atoms with E-state index in [9.17, 15) is 9.59 Å². The van der Waals surface area contributed by atoms with Gasteiger partial charge in [-0.25, -0.2) is 9.78 Å². The Morgan fingerprint density at radius 2 is 2.19 bits per heavy atom. The predicted octanol–water partition coefficient (Wildman–Crippen LogP) is 3.23. The quantitative estimate of drug-likeness (QED) is 0.823. The molecule has 2 rings (SSSR count). The summed E-state index contributed by atoms with van der Waals surface area (Å²) in [7, 11) is 0. The summed E-state index contributed by atoms with van der Waals surface area (Å²) < 4.78 is 0.727. The molecule has 0 aliphatic carbocycles. The standard InChI is InChI=1S/C13H10BrClN2O3S/c14-8-2-1-7(5-9(8)15)12(18)16-4-3-11-17-10(6-21-11)13(19)20/h1-2,5-6H,3-4H2,(H,16,18)(H,19,20). The molecule has 0 saturated heterocycles. The summed E-state index contributed by atoms with van der Waals surface area (Å²) >= 11 is 10.4. The molecule has 1 aromatic carbocycles. The lowest BCUT2D eigenvalue weighted by Gasteiger charge is -2.05. The lowest BCUT2D eigenvalue weighted by Crippen LogP contribution is -2.25. The van der Waals surface area contributed by atoms with Crippen LogP contribution in [0, 0.1) is 0 Å². The molecule has 1 heterocycles. The average Bonchev–Trinajstić information content (AvgIpc) is 2.91. The topological polar surface area (TPSA) is 79.3 Å². The van der Waals surface area contributed by atoms with Crippen molar-refractivity contribution in [1.29, 1.82) is 0 Å². The molecule has 0 aliphatic heterocycles. The number of halogens is 2. The zero-order valence-corrected chi connectivity index (χ0v) is 13.8. The zero-order valence-electron chi connectivity index (χ0n) is 10.6. The number of carbonyl (C=O) groups is 2. The van der Waals surface area contributed by atoms with Gasteiger partial charge in [0.05, 0.1) is 10.0 Å². The number of rotatable bonds is 5. The van der Waals surface area contributed by atoms with Crippen LogP contribution < -0.4 is 5.32 Å². The number of thiazole rings is 1. The minimum absolute atomic E-state index is 0.0287. The maximum Gasteiger partial charge on any atom is 0.355 e. The van der Waals surface area contributed by atoms with Crippen LogP contribution in [0.1, 0.15) is 25.9 Å². The average molecular weight is 390 g/mol. The molecule has 0 unspecified atom stereocenters. The number of aromatic nitrogens is 1. The molecule has 0 aliphatic rings. The third-order valence-electron chi connectivity index (χ3n) is 2.58. The minimum Gasteiger partial charge on any atom is -0.476 e. The second-order valence-electron chi connectivity index (χ2n) is 4.07. The predicted molar refractivity (Wildman–Crippen MR) is 84.3 cm³/mol. The summed E-state index contributed by atoms with van der Waals surface area (Å²) in [5.41, 5.74) is 0.495. The van der Waals surface area contributed by atoms with Crippen LogP contribution in [-0.2, 0) is 6.42 Å². The summed E-state index contributed by atoms with van der Waals surface area (Å²) in [5.74, 6) is -1.29. The highest BCUT2D eigenvalue weighted by Gasteiger charge is 2.10. The number of hydrogen-bond acceptors (Lipinski definition) is 4. The van der Waals surface area contributed by atoms with Gasteiger partial charge in [0.2, 0.25) is 0 Å². The molecule has 8 heteroatoms. The number of carboxylic acids is 1. The van der Waals surface area contributed by atoms with Gasteiger partial charge in [0.15, 0.2) is 5.69 Å². The first kappa shape index (κ1) is 15.9. The molecule has 2 aromatic rings. The molecule has 1 aromatic heterocycles. The number of aromatic carboxylic acids is 1. The van der Waals surface area contributed by atoms with Gasteiger partial charge in [0.1, 0.15) is 0 Å². The molecule has 21 heavy (non-hydrogen) atoms. The van der Waals surface area contributed by atoms with Crippen molar-refractivity contribution in [2.75, 3.05) is 6.54 Å². The number of benzene rings is 1. The third-order valence-corrected chi connectivity index (χ3v) is 4.72. The molecular weight excluding hydrogens is 380 g/mol. The van der Waals surface area contributed by atoms with Gasteiger partial charge in [-0.3, -0.25) is 4.79 Å². The molecule has 5 nitrogen and oxygen atoms in total. The van der Waals surface area contributed by atoms with Gasteiger partial charge in [0, 0.05) is 28.4 Å². The molecule has 110 valence electrons. The molecule has 0 saturated carbocycles. The summed E-state index contributed by atoms with van der Waals surface area (Å²) in [6.07, 6.45) is 0.480. The van der Waals surface area contributed by atoms with Crippen molar-refractivity contribution in [3.8, 4) is 0 Å². The molecule has 0 radical (unpaired) electrons. The highest BCUT2D eigenvalue weighted by molar-refractivity contribution is 9.10. The van der Waals surface area contributed by atoms with E-state index in [-0.39, 0.29) is 11.6 Å². The van der Waals surface area contributed by atoms with Gasteiger partial charge in [0.25, 0.3) is 5.91 Å². The van der Waals surface area contributed by atoms with E-state index in [4.69, 9.17) is 16.7 Å². The SMILES string of the molecule is O=C(NCCc1nc(C(=O)O)cs1)c1ccc(Br)c(Cl)c1. The summed E-state index contributed by atoms with van der Waals surface area (Å²) in [6, 6.07) is 4.95. The van der Waals surface area contributed by atoms with E-state index in [0.717, 1.165) is 4.47 Å². The summed E-state index contributed by atoms with van der Waals surface area (Å²) in [4.78, 5) is 26.6. The Morgan fingerprint density at radius 1 is 1.43 bits per heavy atom. The largest absolute Gasteiger partial charge is 0.476 e. The van der Waals surface area contributed by atoms with Gasteiger partial charge in [-0.15, -0.1) is 11.3 Å². The zero-order chi connectivity index (χ0) is 15.4. The number of nitrogens with zero attached hydrogens (tertiary/aromatic N) is 1. The maximum atomic E-state index is 11.9. The van der Waals surface area contributed by atoms with E-state index in [2.05, 4.69) is 26.2 Å². The van der Waals surface area contributed by atoms with E-state index in [0.29, 0.717) is 28.6 Å². The van der Waals surface area contributed by atoms with Crippen LogP contribution in [0.4, 0.5) is 0 Å². The molecular formula is C13H10BrClN2O3S. The van der Waals surface area contributed by atoms with Crippen molar-refractivity contribution in [2.45, 2.75) is 6.42 Å². The molecule has 0 fully saturated rings. The summed E-state index contributed by atoms with van der Waals surface area (Å²) in [5, 5.41) is 14.1. The summed E-state index contributed by atoms with van der Waals surface area (Å²) in [6.45, 7) is 0.374. The highest BCUT2D eigenvalue weighted by atomic mass is 79.9. The second-order valence-corrected chi connectivity index (χ2v) is 6.27. The Labute approximate surface area is 138 Å². The van der Waals surface area contributed by atoms with Crippen molar-refractivity contribution < 1.29 is 14.7 Å². The van der Waals surface area contributed by atoms with Gasteiger partial charge >= 0.3 is 5.97 Å². The number of nitrogens with one attached hydrogen (secondary N) is 1. The maximum absolute atomic E-state index is 11.9. The minimum atomic E-state index is -1.05. The molecule has 2 N–H and O–H groups in total. The van der Waals surface area contributed by atoms with Crippen LogP contribution in [0.3, 0.4) is 0 Å². The monoisotopic (exact) mass is 388 g/mol. The van der Waals surface area contributed by atoms with Crippen molar-refractivity contribution >= 4 is 50.7 Å². The van der Waals surface area contributed by atoms with Gasteiger partial charge < -0.3 is 10.4 Å². The van der Waals surface area contributed by atoms with Crippen molar-refractivity contribution in [3.05, 3.63) is 49.3 Å². The normalized spacial score (nSPS) is 10.4. The fourth-order valence-corrected chi connectivity index (χ4v) is 2.75. The highest BCUT2D eigenvalue weighted by Crippen LogP contribution is 2.23. The fraction of sp³-hybridized carbons (Fsp3) is 0.154. The first-order chi connectivity index (χ1) is 9.97. The van der Waals surface area contributed by atoms with E-state index in [1.54, 1.807) is 18.2 Å². The molecule has 0 spiro atoms. The van der Waals surface area contributed by atoms with Crippen molar-refractivity contribution in [3.63, 3.8) is 0 Å². The van der Waals surface area contributed by atoms with Gasteiger partial charge in [-0.1, -0.05) is 11.6 Å². The Bertz CT molecular complexity index is 690. The van der Waals surface area contributed by atoms with E-state index in [1.165, 1.54) is 16.7 Å². The Morgan fingerprint density at radius 3 is 2.81 bits per heavy atom. The Balaban J connectivity index is 1.88. The van der Waals surface area contributed by atoms with E-state index in [1.807, 2.05) is 0 Å². The Kier molecular flexibility index (Phi) is 5.33. The first-order valence-corrected chi connectivity index (χ1v) is 7.93. The second kappa shape index (κ2) is 7.02. The van der Waals surface area contributed by atoms with Crippen LogP contribution in [0.2, 0.25) is 5.02 Å². The number of amides is 1. The van der Waals surface area contributed by atoms with Gasteiger partial charge in [-0.2, -0.15) is 0 Å². The lowest BCUT2D eigenvalue weighted by molar-refractivity contribution is 0.0690. The van der Waals surface area contributed by atoms with Crippen LogP contribution >= 0.6 is 38.9 Å². The molecule has 0 bridgehead atoms. The van der Waals surface area contributed by atoms with Crippen LogP contribution in [0.5, 0.6) is 0 Å². The van der Waals surface area contributed by atoms with Crippen LogP contribution in [0.15, 0.2) is 28.1 Å². The fourth-order valence-electron chi connectivity index (χ4n) is 1.55. The van der Waals surface area contributed by atoms with Crippen LogP contribution in [-0.4, -0.2) is 28.5 Å². The smallest absolute Gasteiger partial charge is 0.355 e. The van der Waals surface area contributed by atoms with Crippen molar-refractivity contribution in [1.82, 2.24) is 10.3 Å². The third kappa shape index (κ3) is 4.26. The van der Waals surface area contributed by atoms with E-state index < -0.39 is 5.97 Å². The Hall–Kier alpha value is -1.44. The first-order valence-electron chi connectivity index (χ1n) is 5.88. The number of carbonyl (C=O) groups excluding carboxylic acids is 1. The van der Waals surface area contributed by atoms with Crippen molar-refractivity contribution in [2.24, 2.45) is 0 Å². The number of carboxylic acid groups (broad SMARTS) is 1. The van der Waals surface area contributed by atoms with Gasteiger partial charge in [-0.05, 0) is 34.1 Å². The lowest BCUT2D eigenvalue weighted by atomic mass is 10.2. The van der Waals surface area contributed by atoms with E-state index >= 15 is 0 Å². The molecule has 0 atom stereocenters. The molecule has 1 amide bonds.